The van der Waals surface area contributed by atoms with Crippen LogP contribution >= 0.6 is 0 Å². The molecule has 4 nitrogen and oxygen atoms in total. The van der Waals surface area contributed by atoms with E-state index in [4.69, 9.17) is 14.7 Å². The van der Waals surface area contributed by atoms with Crippen LogP contribution in [0.2, 0.25) is 36.9 Å². The van der Waals surface area contributed by atoms with Gasteiger partial charge >= 0.3 is 188 Å². The van der Waals surface area contributed by atoms with Gasteiger partial charge in [-0.1, -0.05) is 73.3 Å². The third kappa shape index (κ3) is 5.81. The molecule has 0 bridgehead atoms. The van der Waals surface area contributed by atoms with E-state index in [2.05, 4.69) is 168 Å². The number of rotatable bonds is 4. The predicted octanol–water partition coefficient (Wildman–Crippen LogP) is 11.9. The normalized spacial score (nSPS) is 13.5. The molecule has 6 heteroatoms. The molecule has 0 atom stereocenters. The number of para-hydroxylation sites is 1. The Labute approximate surface area is 312 Å². The molecule has 52 heavy (non-hydrogen) atoms. The summed E-state index contributed by atoms with van der Waals surface area (Å²) >= 11 is -2.11. The minimum Gasteiger partial charge on any atom is -0.252 e. The summed E-state index contributed by atoms with van der Waals surface area (Å²) in [6, 6.07) is 31.8. The molecule has 3 aromatic heterocycles. The van der Waals surface area contributed by atoms with Gasteiger partial charge in [0.25, 0.3) is 0 Å². The summed E-state index contributed by atoms with van der Waals surface area (Å²) in [5.74, 6) is 9.09. The number of benzene rings is 4. The molecule has 0 spiro atoms. The van der Waals surface area contributed by atoms with E-state index >= 15 is 0 Å². The summed E-state index contributed by atoms with van der Waals surface area (Å²) in [6.07, 6.45) is 1.96. The van der Waals surface area contributed by atoms with Crippen LogP contribution in [0.15, 0.2) is 91.1 Å². The van der Waals surface area contributed by atoms with Crippen molar-refractivity contribution in [3.8, 4) is 39.7 Å². The maximum absolute atomic E-state index is 6.73. The second kappa shape index (κ2) is 11.6. The van der Waals surface area contributed by atoms with Gasteiger partial charge in [-0.3, -0.25) is 4.98 Å². The Bertz CT molecular complexity index is 2560. The quantitative estimate of drug-likeness (QED) is 0.168. The third-order valence-electron chi connectivity index (χ3n) is 10.7. The molecule has 0 aliphatic carbocycles. The minimum atomic E-state index is -2.11. The van der Waals surface area contributed by atoms with Crippen LogP contribution in [0.25, 0.3) is 60.8 Å². The van der Waals surface area contributed by atoms with E-state index in [1.54, 1.807) is 0 Å². The van der Waals surface area contributed by atoms with Crippen molar-refractivity contribution in [3.05, 3.63) is 102 Å². The zero-order valence-electron chi connectivity index (χ0n) is 32.9. The fourth-order valence-electron chi connectivity index (χ4n) is 7.66. The van der Waals surface area contributed by atoms with Crippen LogP contribution in [0.5, 0.6) is 11.5 Å². The first-order chi connectivity index (χ1) is 24.3. The Morgan fingerprint density at radius 2 is 1.46 bits per heavy atom. The average molecular weight is 763 g/mol. The van der Waals surface area contributed by atoms with Crippen molar-refractivity contribution in [1.29, 1.82) is 0 Å². The number of hydrogen-bond donors (Lipinski definition) is 0. The van der Waals surface area contributed by atoms with Crippen molar-refractivity contribution >= 4 is 63.5 Å². The Balaban J connectivity index is 1.42. The molecular weight excluding hydrogens is 711 g/mol. The molecule has 0 saturated carbocycles. The minimum absolute atomic E-state index is 0.00403. The third-order valence-corrected chi connectivity index (χ3v) is 17.0. The van der Waals surface area contributed by atoms with Crippen molar-refractivity contribution in [2.75, 3.05) is 0 Å². The van der Waals surface area contributed by atoms with Crippen molar-refractivity contribution in [2.24, 2.45) is 0 Å². The zero-order chi connectivity index (χ0) is 37.1. The summed E-state index contributed by atoms with van der Waals surface area (Å²) in [4.78, 5) is 10.4. The Morgan fingerprint density at radius 1 is 0.712 bits per heavy atom. The van der Waals surface area contributed by atoms with E-state index < -0.39 is 21.3 Å². The van der Waals surface area contributed by atoms with Crippen molar-refractivity contribution in [3.63, 3.8) is 0 Å². The molecule has 264 valence electrons. The molecule has 8 rings (SSSR count). The first-order valence-electron chi connectivity index (χ1n) is 18.7. The Kier molecular flexibility index (Phi) is 7.81. The first-order valence-corrected chi connectivity index (χ1v) is 29.5. The summed E-state index contributed by atoms with van der Waals surface area (Å²) in [7, 11) is -1.85. The van der Waals surface area contributed by atoms with Gasteiger partial charge in [0.2, 0.25) is 0 Å². The number of fused-ring (bicyclic) bond motifs is 5. The summed E-state index contributed by atoms with van der Waals surface area (Å²) in [5, 5.41) is 6.40. The zero-order valence-corrected chi connectivity index (χ0v) is 36.0. The van der Waals surface area contributed by atoms with Crippen molar-refractivity contribution < 1.29 is 4.74 Å². The maximum atomic E-state index is 6.73. The number of aromatic nitrogens is 3. The molecule has 0 N–H and O–H groups in total. The van der Waals surface area contributed by atoms with Gasteiger partial charge in [0.05, 0.1) is 13.8 Å². The molecule has 0 amide bonds. The van der Waals surface area contributed by atoms with Crippen molar-refractivity contribution in [2.45, 2.75) is 89.3 Å². The Morgan fingerprint density at radius 3 is 2.15 bits per heavy atom. The van der Waals surface area contributed by atoms with Crippen LogP contribution in [0.4, 0.5) is 0 Å². The van der Waals surface area contributed by atoms with Gasteiger partial charge in [0.1, 0.15) is 0 Å². The van der Waals surface area contributed by atoms with Gasteiger partial charge in [-0.2, -0.15) is 0 Å². The van der Waals surface area contributed by atoms with E-state index in [1.165, 1.54) is 47.9 Å². The van der Waals surface area contributed by atoms with Crippen LogP contribution in [0.3, 0.4) is 0 Å². The molecule has 0 radical (unpaired) electrons. The summed E-state index contributed by atoms with van der Waals surface area (Å²) < 4.78 is 10.6. The second-order valence-corrected chi connectivity index (χ2v) is 34.6. The van der Waals surface area contributed by atoms with E-state index in [0.29, 0.717) is 0 Å². The van der Waals surface area contributed by atoms with Crippen LogP contribution in [0, 0.1) is 0 Å². The predicted molar refractivity (Wildman–Crippen MR) is 228 cm³/mol. The number of pyridine rings is 2. The standard InChI is InChI=1S/C46H51GeN3OSi/c1-45(2,3)30-24-35(49-41(25-30)46(4,5)6)29-22-37-43(40(23-29)52(10,11)12)33-15-13-14-16-36(33)50(37)32-17-18-38-34(27-32)44-42-28(19-20-48-44)21-31(47(7,8)9)26-39(42)51-38/h13-27H,1-12H3. The van der Waals surface area contributed by atoms with Gasteiger partial charge < -0.3 is 0 Å². The van der Waals surface area contributed by atoms with E-state index in [1.807, 2.05) is 6.20 Å². The van der Waals surface area contributed by atoms with Gasteiger partial charge in [-0.15, -0.1) is 0 Å². The van der Waals surface area contributed by atoms with E-state index in [-0.39, 0.29) is 10.8 Å². The van der Waals surface area contributed by atoms with Gasteiger partial charge in [0, 0.05) is 11.1 Å². The molecule has 1 aliphatic heterocycles. The fraction of sp³-hybridized carbons (Fsp3) is 0.304. The molecule has 0 fully saturated rings. The molecule has 1 aliphatic rings. The molecule has 4 aromatic carbocycles. The number of ether oxygens (including phenoxy) is 1. The number of nitrogens with zero attached hydrogens (tertiary/aromatic N) is 3. The maximum Gasteiger partial charge on any atom is 0.0467 e. The molecule has 0 saturated heterocycles. The molecule has 4 heterocycles. The largest absolute Gasteiger partial charge is 0.252 e. The first kappa shape index (κ1) is 34.9. The van der Waals surface area contributed by atoms with Gasteiger partial charge in [-0.25, -0.2) is 0 Å². The van der Waals surface area contributed by atoms with Crippen LogP contribution < -0.4 is 14.3 Å². The van der Waals surface area contributed by atoms with Crippen LogP contribution in [0.1, 0.15) is 52.8 Å². The number of hydrogen-bond acceptors (Lipinski definition) is 3. The summed E-state index contributed by atoms with van der Waals surface area (Å²) in [5.41, 5.74) is 10.1. The van der Waals surface area contributed by atoms with Crippen LogP contribution in [-0.4, -0.2) is 35.9 Å². The Hall–Kier alpha value is -4.20. The van der Waals surface area contributed by atoms with Gasteiger partial charge in [0.15, 0.2) is 0 Å². The fourth-order valence-corrected chi connectivity index (χ4v) is 11.7. The molecule has 7 aromatic rings. The van der Waals surface area contributed by atoms with Crippen LogP contribution in [-0.2, 0) is 10.8 Å². The monoisotopic (exact) mass is 763 g/mol. The average Bonchev–Trinajstić information content (AvgIpc) is 3.40. The topological polar surface area (TPSA) is 39.9 Å². The smallest absolute Gasteiger partial charge is 0.0467 e. The summed E-state index contributed by atoms with van der Waals surface area (Å²) in [6.45, 7) is 21.1. The second-order valence-electron chi connectivity index (χ2n) is 18.9. The molecule has 0 unspecified atom stereocenters. The van der Waals surface area contributed by atoms with Gasteiger partial charge in [-0.05, 0) is 23.1 Å². The molecular formula is C46H51GeN3OSi. The SMILES string of the molecule is CC(C)(C)c1cc(-c2cc([Si](C)(C)C)c3c4ccccc4n(-c4ccc5c(c4)-c4nccc6c[c]([Ge]([CH3])([CH3])[CH3])cc(c46)O5)c3c2)nc(C(C)(C)C)c1. The van der Waals surface area contributed by atoms with Crippen molar-refractivity contribution in [1.82, 2.24) is 14.5 Å². The van der Waals surface area contributed by atoms with E-state index in [0.717, 1.165) is 45.2 Å². The van der Waals surface area contributed by atoms with E-state index in [9.17, 15) is 0 Å².